The predicted octanol–water partition coefficient (Wildman–Crippen LogP) is 4.06. The standard InChI is InChI=1S/C18H36N2/c1-15(2)14-19-12-6-8-16(3)20-13-7-10-17-9-4-5-11-18(17)20/h15-19H,4-14H2,1-3H3. The van der Waals surface area contributed by atoms with E-state index in [1.807, 2.05) is 0 Å². The lowest BCUT2D eigenvalue weighted by molar-refractivity contribution is 0.0282. The minimum absolute atomic E-state index is 0.775. The molecule has 118 valence electrons. The van der Waals surface area contributed by atoms with Crippen LogP contribution in [0, 0.1) is 11.8 Å². The van der Waals surface area contributed by atoms with Gasteiger partial charge in [0.1, 0.15) is 0 Å². The molecule has 1 saturated heterocycles. The maximum Gasteiger partial charge on any atom is 0.0126 e. The number of piperidine rings is 1. The van der Waals surface area contributed by atoms with Gasteiger partial charge in [0, 0.05) is 12.1 Å². The average Bonchev–Trinajstić information content (AvgIpc) is 2.45. The molecule has 3 atom stereocenters. The van der Waals surface area contributed by atoms with Crippen molar-refractivity contribution in [3.8, 4) is 0 Å². The van der Waals surface area contributed by atoms with Crippen LogP contribution in [0.3, 0.4) is 0 Å². The molecule has 0 bridgehead atoms. The Morgan fingerprint density at radius 2 is 1.80 bits per heavy atom. The van der Waals surface area contributed by atoms with E-state index in [1.165, 1.54) is 71.0 Å². The van der Waals surface area contributed by atoms with Gasteiger partial charge in [-0.05, 0) is 76.9 Å². The molecule has 0 amide bonds. The van der Waals surface area contributed by atoms with Crippen LogP contribution in [0.4, 0.5) is 0 Å². The van der Waals surface area contributed by atoms with Gasteiger partial charge < -0.3 is 5.32 Å². The van der Waals surface area contributed by atoms with E-state index >= 15 is 0 Å². The first-order chi connectivity index (χ1) is 9.68. The molecule has 20 heavy (non-hydrogen) atoms. The minimum atomic E-state index is 0.775. The smallest absolute Gasteiger partial charge is 0.0126 e. The summed E-state index contributed by atoms with van der Waals surface area (Å²) < 4.78 is 0. The Morgan fingerprint density at radius 3 is 2.60 bits per heavy atom. The monoisotopic (exact) mass is 280 g/mol. The second-order valence-electron chi connectivity index (χ2n) is 7.58. The van der Waals surface area contributed by atoms with E-state index in [0.29, 0.717) is 0 Å². The first-order valence-corrected chi connectivity index (χ1v) is 9.15. The van der Waals surface area contributed by atoms with Crippen LogP contribution >= 0.6 is 0 Å². The molecule has 0 aromatic carbocycles. The summed E-state index contributed by atoms with van der Waals surface area (Å²) in [6.07, 6.45) is 11.6. The third-order valence-electron chi connectivity index (χ3n) is 5.38. The number of fused-ring (bicyclic) bond motifs is 1. The van der Waals surface area contributed by atoms with Crippen molar-refractivity contribution in [3.05, 3.63) is 0 Å². The molecule has 3 unspecified atom stereocenters. The summed E-state index contributed by atoms with van der Waals surface area (Å²) in [7, 11) is 0. The fraction of sp³-hybridized carbons (Fsp3) is 1.00. The van der Waals surface area contributed by atoms with E-state index in [0.717, 1.165) is 23.9 Å². The van der Waals surface area contributed by atoms with Crippen LogP contribution in [0.1, 0.15) is 72.1 Å². The highest BCUT2D eigenvalue weighted by Crippen LogP contribution is 2.36. The number of nitrogens with one attached hydrogen (secondary N) is 1. The molecule has 2 rings (SSSR count). The molecule has 0 spiro atoms. The van der Waals surface area contributed by atoms with E-state index in [4.69, 9.17) is 0 Å². The van der Waals surface area contributed by atoms with E-state index in [1.54, 1.807) is 0 Å². The van der Waals surface area contributed by atoms with E-state index in [2.05, 4.69) is 31.0 Å². The van der Waals surface area contributed by atoms with Gasteiger partial charge in [0.2, 0.25) is 0 Å². The number of hydrogen-bond donors (Lipinski definition) is 1. The largest absolute Gasteiger partial charge is 0.316 e. The SMILES string of the molecule is CC(C)CNCCCC(C)N1CCCC2CCCCC21. The van der Waals surface area contributed by atoms with Gasteiger partial charge in [-0.15, -0.1) is 0 Å². The summed E-state index contributed by atoms with van der Waals surface area (Å²) in [5, 5.41) is 3.58. The first-order valence-electron chi connectivity index (χ1n) is 9.15. The molecular weight excluding hydrogens is 244 g/mol. The lowest BCUT2D eigenvalue weighted by Crippen LogP contribution is -2.50. The van der Waals surface area contributed by atoms with Crippen molar-refractivity contribution in [2.75, 3.05) is 19.6 Å². The molecular formula is C18H36N2. The highest BCUT2D eigenvalue weighted by atomic mass is 15.2. The first kappa shape index (κ1) is 16.3. The van der Waals surface area contributed by atoms with Crippen molar-refractivity contribution in [1.82, 2.24) is 10.2 Å². The average molecular weight is 280 g/mol. The maximum atomic E-state index is 3.58. The Morgan fingerprint density at radius 1 is 1.05 bits per heavy atom. The number of likely N-dealkylation sites (tertiary alicyclic amines) is 1. The van der Waals surface area contributed by atoms with Crippen LogP contribution in [0.2, 0.25) is 0 Å². The second-order valence-corrected chi connectivity index (χ2v) is 7.58. The fourth-order valence-electron chi connectivity index (χ4n) is 4.29. The van der Waals surface area contributed by atoms with Gasteiger partial charge >= 0.3 is 0 Å². The summed E-state index contributed by atoms with van der Waals surface area (Å²) in [4.78, 5) is 2.87. The molecule has 2 aliphatic rings. The zero-order valence-electron chi connectivity index (χ0n) is 14.0. The van der Waals surface area contributed by atoms with Gasteiger partial charge in [0.25, 0.3) is 0 Å². The Kier molecular flexibility index (Phi) is 6.83. The minimum Gasteiger partial charge on any atom is -0.316 e. The molecule has 1 aliphatic carbocycles. The van der Waals surface area contributed by atoms with Crippen molar-refractivity contribution in [3.63, 3.8) is 0 Å². The second kappa shape index (κ2) is 8.38. The number of rotatable bonds is 7. The fourth-order valence-corrected chi connectivity index (χ4v) is 4.29. The van der Waals surface area contributed by atoms with Crippen LogP contribution in [0.5, 0.6) is 0 Å². The van der Waals surface area contributed by atoms with Crippen molar-refractivity contribution in [2.45, 2.75) is 84.2 Å². The van der Waals surface area contributed by atoms with E-state index in [9.17, 15) is 0 Å². The van der Waals surface area contributed by atoms with Crippen LogP contribution in [0.25, 0.3) is 0 Å². The summed E-state index contributed by atoms with van der Waals surface area (Å²) in [5.74, 6) is 1.80. The van der Waals surface area contributed by atoms with Crippen LogP contribution in [-0.2, 0) is 0 Å². The summed E-state index contributed by atoms with van der Waals surface area (Å²) in [6.45, 7) is 10.8. The maximum absolute atomic E-state index is 3.58. The normalized spacial score (nSPS) is 29.4. The Hall–Kier alpha value is -0.0800. The Balaban J connectivity index is 1.69. The lowest BCUT2D eigenvalue weighted by Gasteiger charge is -2.47. The predicted molar refractivity (Wildman–Crippen MR) is 88.1 cm³/mol. The molecule has 2 heteroatoms. The van der Waals surface area contributed by atoms with Crippen LogP contribution in [0.15, 0.2) is 0 Å². The molecule has 0 aromatic rings. The topological polar surface area (TPSA) is 15.3 Å². The zero-order valence-corrected chi connectivity index (χ0v) is 14.0. The molecule has 1 aliphatic heterocycles. The van der Waals surface area contributed by atoms with Gasteiger partial charge in [-0.3, -0.25) is 4.90 Å². The Bertz CT molecular complexity index is 262. The van der Waals surface area contributed by atoms with Crippen molar-refractivity contribution in [1.29, 1.82) is 0 Å². The number of nitrogens with zero attached hydrogens (tertiary/aromatic N) is 1. The molecule has 1 heterocycles. The highest BCUT2D eigenvalue weighted by molar-refractivity contribution is 4.89. The molecule has 1 saturated carbocycles. The summed E-state index contributed by atoms with van der Waals surface area (Å²) >= 11 is 0. The van der Waals surface area contributed by atoms with Crippen molar-refractivity contribution >= 4 is 0 Å². The van der Waals surface area contributed by atoms with Gasteiger partial charge in [-0.1, -0.05) is 26.7 Å². The van der Waals surface area contributed by atoms with E-state index in [-0.39, 0.29) is 0 Å². The molecule has 1 N–H and O–H groups in total. The number of hydrogen-bond acceptors (Lipinski definition) is 2. The molecule has 0 radical (unpaired) electrons. The third-order valence-corrected chi connectivity index (χ3v) is 5.38. The molecule has 0 aromatic heterocycles. The summed E-state index contributed by atoms with van der Waals surface area (Å²) in [6, 6.07) is 1.72. The van der Waals surface area contributed by atoms with E-state index < -0.39 is 0 Å². The highest BCUT2D eigenvalue weighted by Gasteiger charge is 2.34. The van der Waals surface area contributed by atoms with Crippen LogP contribution in [-0.4, -0.2) is 36.6 Å². The molecule has 2 fully saturated rings. The lowest BCUT2D eigenvalue weighted by atomic mass is 9.77. The Labute approximate surface area is 126 Å². The van der Waals surface area contributed by atoms with Crippen LogP contribution < -0.4 is 5.32 Å². The van der Waals surface area contributed by atoms with Gasteiger partial charge in [-0.2, -0.15) is 0 Å². The van der Waals surface area contributed by atoms with Gasteiger partial charge in [0.05, 0.1) is 0 Å². The third kappa shape index (κ3) is 4.73. The quantitative estimate of drug-likeness (QED) is 0.708. The molecule has 2 nitrogen and oxygen atoms in total. The van der Waals surface area contributed by atoms with Gasteiger partial charge in [-0.25, -0.2) is 0 Å². The van der Waals surface area contributed by atoms with Crippen molar-refractivity contribution in [2.24, 2.45) is 11.8 Å². The zero-order chi connectivity index (χ0) is 14.4. The summed E-state index contributed by atoms with van der Waals surface area (Å²) in [5.41, 5.74) is 0. The van der Waals surface area contributed by atoms with Gasteiger partial charge in [0.15, 0.2) is 0 Å². The van der Waals surface area contributed by atoms with Crippen molar-refractivity contribution < 1.29 is 0 Å².